The van der Waals surface area contributed by atoms with E-state index in [0.717, 1.165) is 22.7 Å². The van der Waals surface area contributed by atoms with Gasteiger partial charge in [-0.3, -0.25) is 0 Å². The summed E-state index contributed by atoms with van der Waals surface area (Å²) in [6.45, 7) is 7.20. The summed E-state index contributed by atoms with van der Waals surface area (Å²) in [5, 5.41) is 11.7. The number of aromatic nitrogens is 1. The van der Waals surface area contributed by atoms with Crippen molar-refractivity contribution >= 4 is 84.4 Å². The molecule has 0 saturated heterocycles. The highest BCUT2D eigenvalue weighted by Gasteiger charge is 2.19. The maximum absolute atomic E-state index is 2.41. The van der Waals surface area contributed by atoms with Crippen LogP contribution in [-0.4, -0.2) is 12.6 Å². The third-order valence-electron chi connectivity index (χ3n) is 14.8. The number of nitrogens with zero attached hydrogens (tertiary/aromatic N) is 2. The monoisotopic (exact) mass is 936 g/mol. The smallest absolute Gasteiger partial charge is 0.0775 e. The minimum absolute atomic E-state index is 1.10. The Kier molecular flexibility index (Phi) is 10.6. The highest BCUT2D eigenvalue weighted by Crippen LogP contribution is 2.41. The van der Waals surface area contributed by atoms with Crippen LogP contribution in [0.25, 0.3) is 104 Å². The molecule has 0 saturated carbocycles. The summed E-state index contributed by atoms with van der Waals surface area (Å²) < 4.78 is 2.41. The fourth-order valence-corrected chi connectivity index (χ4v) is 12.1. The molecule has 0 atom stereocenters. The quantitative estimate of drug-likeness (QED) is 0.103. The molecule has 0 amide bonds. The average molecular weight is 937 g/mol. The number of hydrogen-bond donors (Lipinski definition) is 0. The topological polar surface area (TPSA) is 8.17 Å². The first kappa shape index (κ1) is 43.3. The molecular formula is C69H52N2Si. The fourth-order valence-electron chi connectivity index (χ4n) is 11.0. The fraction of sp³-hybridized carbons (Fsp3) is 0.0435. The molecule has 0 radical (unpaired) electrons. The van der Waals surface area contributed by atoms with Crippen molar-refractivity contribution < 1.29 is 0 Å². The standard InChI is InChI=1S/C69H52N2Si/c1-72(2,3)59-41-29-50(30-42-59)49-23-35-56(36-24-49)70(55-33-21-48(22-34-55)47-13-5-4-6-14-47)57-37-25-52(26-38-57)54-32-44-69-67(46-54)65-19-11-12-20-68(65)71(69)58-39-27-51(28-40-58)53-31-43-64-62-17-8-7-15-60(62)61-16-9-10-18-63(61)66(64)45-53/h4-46H,1-3H3. The van der Waals surface area contributed by atoms with Crippen molar-refractivity contribution in [3.05, 3.63) is 261 Å². The van der Waals surface area contributed by atoms with Crippen LogP contribution in [-0.2, 0) is 0 Å². The molecule has 1 heterocycles. The molecule has 1 aromatic heterocycles. The predicted molar refractivity (Wildman–Crippen MR) is 313 cm³/mol. The second-order valence-corrected chi connectivity index (χ2v) is 25.2. The molecule has 342 valence electrons. The lowest BCUT2D eigenvalue weighted by atomic mass is 9.92. The van der Waals surface area contributed by atoms with E-state index in [1.165, 1.54) is 104 Å². The SMILES string of the molecule is C[Si](C)(C)c1ccc(-c2ccc(N(c3ccc(-c4ccccc4)cc3)c3ccc(-c4ccc5c(c4)c4ccccc4n5-c4ccc(-c5ccc6c7ccccc7c7ccccc7c6c5)cc4)cc3)cc2)cc1. The summed E-state index contributed by atoms with van der Waals surface area (Å²) in [4.78, 5) is 2.36. The summed E-state index contributed by atoms with van der Waals surface area (Å²) >= 11 is 0. The van der Waals surface area contributed by atoms with Gasteiger partial charge in [-0.1, -0.05) is 213 Å². The van der Waals surface area contributed by atoms with Crippen LogP contribution in [0.15, 0.2) is 261 Å². The van der Waals surface area contributed by atoms with Gasteiger partial charge in [-0.05, 0) is 150 Å². The Hall–Kier alpha value is -8.76. The van der Waals surface area contributed by atoms with Gasteiger partial charge in [-0.2, -0.15) is 0 Å². The number of benzene rings is 12. The predicted octanol–water partition coefficient (Wildman–Crippen LogP) is 18.9. The van der Waals surface area contributed by atoms with Gasteiger partial charge in [0.1, 0.15) is 0 Å². The zero-order valence-electron chi connectivity index (χ0n) is 40.7. The lowest BCUT2D eigenvalue weighted by Crippen LogP contribution is -2.37. The Balaban J connectivity index is 0.830. The van der Waals surface area contributed by atoms with Crippen molar-refractivity contribution in [3.63, 3.8) is 0 Å². The van der Waals surface area contributed by atoms with Crippen LogP contribution in [0.4, 0.5) is 17.1 Å². The van der Waals surface area contributed by atoms with Gasteiger partial charge in [-0.25, -0.2) is 0 Å². The third kappa shape index (κ3) is 7.67. The van der Waals surface area contributed by atoms with E-state index in [4.69, 9.17) is 0 Å². The van der Waals surface area contributed by atoms with Gasteiger partial charge >= 0.3 is 0 Å². The third-order valence-corrected chi connectivity index (χ3v) is 16.8. The molecule has 72 heavy (non-hydrogen) atoms. The molecule has 0 aliphatic heterocycles. The summed E-state index contributed by atoms with van der Waals surface area (Å²) in [6.07, 6.45) is 0. The molecule has 12 aromatic carbocycles. The number of hydrogen-bond acceptors (Lipinski definition) is 1. The first-order valence-electron chi connectivity index (χ1n) is 25.1. The second-order valence-electron chi connectivity index (χ2n) is 20.2. The second kappa shape index (κ2) is 17.6. The van der Waals surface area contributed by atoms with Crippen molar-refractivity contribution in [3.8, 4) is 50.2 Å². The van der Waals surface area contributed by atoms with E-state index >= 15 is 0 Å². The summed E-state index contributed by atoms with van der Waals surface area (Å²) in [6, 6.07) is 96.2. The summed E-state index contributed by atoms with van der Waals surface area (Å²) in [7, 11) is -1.38. The number of anilines is 3. The molecule has 0 aliphatic rings. The van der Waals surface area contributed by atoms with Crippen molar-refractivity contribution in [1.29, 1.82) is 0 Å². The molecule has 0 unspecified atom stereocenters. The van der Waals surface area contributed by atoms with Gasteiger partial charge in [0.25, 0.3) is 0 Å². The van der Waals surface area contributed by atoms with Gasteiger partial charge in [-0.15, -0.1) is 0 Å². The van der Waals surface area contributed by atoms with Crippen LogP contribution in [0.1, 0.15) is 0 Å². The Morgan fingerprint density at radius 3 is 1.12 bits per heavy atom. The van der Waals surface area contributed by atoms with Gasteiger partial charge in [0.2, 0.25) is 0 Å². The highest BCUT2D eigenvalue weighted by atomic mass is 28.3. The summed E-state index contributed by atoms with van der Waals surface area (Å²) in [5.41, 5.74) is 16.5. The van der Waals surface area contributed by atoms with E-state index in [0.29, 0.717) is 0 Å². The molecule has 3 heteroatoms. The van der Waals surface area contributed by atoms with E-state index < -0.39 is 8.07 Å². The summed E-state index contributed by atoms with van der Waals surface area (Å²) in [5.74, 6) is 0. The molecule has 0 fully saturated rings. The molecule has 0 N–H and O–H groups in total. The maximum atomic E-state index is 2.41. The highest BCUT2D eigenvalue weighted by molar-refractivity contribution is 6.88. The molecule has 13 rings (SSSR count). The van der Waals surface area contributed by atoms with Crippen molar-refractivity contribution in [2.24, 2.45) is 0 Å². The van der Waals surface area contributed by atoms with Crippen LogP contribution >= 0.6 is 0 Å². The molecule has 0 aliphatic carbocycles. The number of para-hydroxylation sites is 1. The van der Waals surface area contributed by atoms with Gasteiger partial charge in [0.05, 0.1) is 19.1 Å². The zero-order valence-corrected chi connectivity index (χ0v) is 41.7. The van der Waals surface area contributed by atoms with E-state index in [2.05, 4.69) is 290 Å². The number of fused-ring (bicyclic) bond motifs is 9. The lowest BCUT2D eigenvalue weighted by molar-refractivity contribution is 1.18. The van der Waals surface area contributed by atoms with Crippen molar-refractivity contribution in [2.75, 3.05) is 4.90 Å². The molecule has 0 bridgehead atoms. The van der Waals surface area contributed by atoms with E-state index in [-0.39, 0.29) is 0 Å². The molecule has 0 spiro atoms. The molecule has 13 aromatic rings. The van der Waals surface area contributed by atoms with Gasteiger partial charge in [0.15, 0.2) is 0 Å². The lowest BCUT2D eigenvalue weighted by Gasteiger charge is -2.26. The van der Waals surface area contributed by atoms with Crippen LogP contribution in [0, 0.1) is 0 Å². The van der Waals surface area contributed by atoms with E-state index in [1.807, 2.05) is 0 Å². The van der Waals surface area contributed by atoms with Gasteiger partial charge in [0, 0.05) is 33.5 Å². The Morgan fingerprint density at radius 2 is 0.611 bits per heavy atom. The number of rotatable bonds is 9. The Bertz CT molecular complexity index is 4090. The first-order valence-corrected chi connectivity index (χ1v) is 28.6. The molecule has 2 nitrogen and oxygen atoms in total. The van der Waals surface area contributed by atoms with Crippen LogP contribution in [0.5, 0.6) is 0 Å². The van der Waals surface area contributed by atoms with Crippen LogP contribution in [0.2, 0.25) is 19.6 Å². The minimum atomic E-state index is -1.38. The minimum Gasteiger partial charge on any atom is -0.311 e. The first-order chi connectivity index (χ1) is 35.3. The zero-order chi connectivity index (χ0) is 48.3. The Labute approximate surface area is 422 Å². The van der Waals surface area contributed by atoms with E-state index in [1.54, 1.807) is 0 Å². The largest absolute Gasteiger partial charge is 0.311 e. The van der Waals surface area contributed by atoms with Gasteiger partial charge < -0.3 is 9.47 Å². The normalized spacial score (nSPS) is 11.8. The van der Waals surface area contributed by atoms with E-state index in [9.17, 15) is 0 Å². The van der Waals surface area contributed by atoms with Crippen LogP contribution in [0.3, 0.4) is 0 Å². The molecular weight excluding hydrogens is 885 g/mol. The van der Waals surface area contributed by atoms with Crippen LogP contribution < -0.4 is 10.1 Å². The Morgan fingerprint density at radius 1 is 0.264 bits per heavy atom. The van der Waals surface area contributed by atoms with Crippen molar-refractivity contribution in [2.45, 2.75) is 19.6 Å². The average Bonchev–Trinajstić information content (AvgIpc) is 3.77. The van der Waals surface area contributed by atoms with Crippen molar-refractivity contribution in [1.82, 2.24) is 4.57 Å². The maximum Gasteiger partial charge on any atom is 0.0775 e.